The first-order valence-electron chi connectivity index (χ1n) is 11.9. The van der Waals surface area contributed by atoms with Crippen molar-refractivity contribution >= 4 is 11.0 Å². The minimum atomic E-state index is 0.169. The quantitative estimate of drug-likeness (QED) is 0.296. The highest BCUT2D eigenvalue weighted by atomic mass is 16.3. The first-order chi connectivity index (χ1) is 13.9. The molecule has 1 heterocycles. The fourth-order valence-corrected chi connectivity index (χ4v) is 4.13. The van der Waals surface area contributed by atoms with Crippen molar-refractivity contribution in [1.82, 2.24) is 9.55 Å². The maximum atomic E-state index is 9.31. The number of imidazole rings is 1. The number of para-hydroxylation sites is 2. The van der Waals surface area contributed by atoms with E-state index in [1.807, 2.05) is 6.07 Å². The Hall–Kier alpha value is -1.35. The standard InChI is InChI=1S/C25H42N2O/c1-2-3-4-5-6-7-8-9-10-11-12-13-14-17-21-27-24-19-16-15-18-23(24)26-25(27)20-22-28/h15-16,18-19,28H,2-14,17,20-22H2,1H3. The molecule has 0 aliphatic rings. The molecule has 28 heavy (non-hydrogen) atoms. The number of nitrogens with zero attached hydrogens (tertiary/aromatic N) is 2. The number of aromatic nitrogens is 2. The topological polar surface area (TPSA) is 38.0 Å². The number of benzene rings is 1. The lowest BCUT2D eigenvalue weighted by Gasteiger charge is -2.08. The van der Waals surface area contributed by atoms with Crippen LogP contribution in [0.3, 0.4) is 0 Å². The first-order valence-corrected chi connectivity index (χ1v) is 11.9. The van der Waals surface area contributed by atoms with Crippen LogP contribution < -0.4 is 0 Å². The molecule has 3 nitrogen and oxygen atoms in total. The second-order valence-electron chi connectivity index (χ2n) is 8.24. The molecule has 0 fully saturated rings. The smallest absolute Gasteiger partial charge is 0.112 e. The van der Waals surface area contributed by atoms with Crippen molar-refractivity contribution in [3.8, 4) is 0 Å². The summed E-state index contributed by atoms with van der Waals surface area (Å²) in [4.78, 5) is 4.69. The third kappa shape index (κ3) is 8.34. The lowest BCUT2D eigenvalue weighted by Crippen LogP contribution is -2.06. The predicted molar refractivity (Wildman–Crippen MR) is 121 cm³/mol. The van der Waals surface area contributed by atoms with Crippen LogP contribution in [0.5, 0.6) is 0 Å². The van der Waals surface area contributed by atoms with E-state index in [0.29, 0.717) is 6.42 Å². The number of aryl methyl sites for hydroxylation is 1. The van der Waals surface area contributed by atoms with Gasteiger partial charge in [-0.2, -0.15) is 0 Å². The molecule has 0 aliphatic heterocycles. The van der Waals surface area contributed by atoms with E-state index in [9.17, 15) is 5.11 Å². The van der Waals surface area contributed by atoms with Crippen molar-refractivity contribution in [2.75, 3.05) is 6.61 Å². The van der Waals surface area contributed by atoms with E-state index in [1.54, 1.807) is 0 Å². The molecule has 1 N–H and O–H groups in total. The van der Waals surface area contributed by atoms with Crippen LogP contribution in [0, 0.1) is 0 Å². The van der Waals surface area contributed by atoms with E-state index in [0.717, 1.165) is 17.9 Å². The molecule has 0 amide bonds. The number of rotatable bonds is 17. The summed E-state index contributed by atoms with van der Waals surface area (Å²) < 4.78 is 2.31. The van der Waals surface area contributed by atoms with Crippen molar-refractivity contribution in [2.24, 2.45) is 0 Å². The van der Waals surface area contributed by atoms with E-state index in [2.05, 4.69) is 34.7 Å². The van der Waals surface area contributed by atoms with Crippen LogP contribution in [0.25, 0.3) is 11.0 Å². The van der Waals surface area contributed by atoms with Gasteiger partial charge in [0, 0.05) is 13.0 Å². The maximum absolute atomic E-state index is 9.31. The Kier molecular flexibility index (Phi) is 12.0. The third-order valence-corrected chi connectivity index (χ3v) is 5.80. The average Bonchev–Trinajstić information content (AvgIpc) is 3.06. The molecule has 3 heteroatoms. The predicted octanol–water partition coefficient (Wildman–Crippen LogP) is 7.05. The zero-order valence-electron chi connectivity index (χ0n) is 18.2. The zero-order chi connectivity index (χ0) is 19.9. The summed E-state index contributed by atoms with van der Waals surface area (Å²) in [5.41, 5.74) is 2.26. The molecular formula is C25H42N2O. The van der Waals surface area contributed by atoms with Gasteiger partial charge in [0.15, 0.2) is 0 Å². The van der Waals surface area contributed by atoms with Gasteiger partial charge in [0.1, 0.15) is 5.82 Å². The van der Waals surface area contributed by atoms with Gasteiger partial charge in [-0.3, -0.25) is 0 Å². The molecule has 158 valence electrons. The highest BCUT2D eigenvalue weighted by Gasteiger charge is 2.09. The van der Waals surface area contributed by atoms with Gasteiger partial charge in [0.2, 0.25) is 0 Å². The Balaban J connectivity index is 1.51. The largest absolute Gasteiger partial charge is 0.396 e. The molecule has 0 atom stereocenters. The van der Waals surface area contributed by atoms with Crippen LogP contribution in [0.2, 0.25) is 0 Å². The number of hydrogen-bond donors (Lipinski definition) is 1. The number of fused-ring (bicyclic) bond motifs is 1. The summed E-state index contributed by atoms with van der Waals surface area (Å²) in [6.07, 6.45) is 20.1. The van der Waals surface area contributed by atoms with Crippen LogP contribution in [-0.4, -0.2) is 21.3 Å². The van der Waals surface area contributed by atoms with E-state index < -0.39 is 0 Å². The molecule has 2 aromatic rings. The van der Waals surface area contributed by atoms with Crippen molar-refractivity contribution < 1.29 is 5.11 Å². The van der Waals surface area contributed by atoms with E-state index >= 15 is 0 Å². The number of hydrogen-bond acceptors (Lipinski definition) is 2. The molecule has 0 radical (unpaired) electrons. The summed E-state index contributed by atoms with van der Waals surface area (Å²) >= 11 is 0. The maximum Gasteiger partial charge on any atom is 0.112 e. The average molecular weight is 387 g/mol. The highest BCUT2D eigenvalue weighted by Crippen LogP contribution is 2.18. The van der Waals surface area contributed by atoms with Gasteiger partial charge in [-0.25, -0.2) is 4.98 Å². The molecule has 0 saturated heterocycles. The van der Waals surface area contributed by atoms with E-state index in [-0.39, 0.29) is 6.61 Å². The Morgan fingerprint density at radius 2 is 1.29 bits per heavy atom. The molecule has 0 saturated carbocycles. The van der Waals surface area contributed by atoms with Crippen LogP contribution >= 0.6 is 0 Å². The van der Waals surface area contributed by atoms with Crippen molar-refractivity contribution in [3.05, 3.63) is 30.1 Å². The summed E-state index contributed by atoms with van der Waals surface area (Å²) in [6.45, 7) is 3.48. The Bertz CT molecular complexity index is 635. The van der Waals surface area contributed by atoms with E-state index in [4.69, 9.17) is 0 Å². The first kappa shape index (κ1) is 22.9. The second kappa shape index (κ2) is 14.6. The molecule has 0 bridgehead atoms. The molecular weight excluding hydrogens is 344 g/mol. The van der Waals surface area contributed by atoms with E-state index in [1.165, 1.54) is 95.4 Å². The van der Waals surface area contributed by atoms with Gasteiger partial charge in [-0.1, -0.05) is 103 Å². The zero-order valence-corrected chi connectivity index (χ0v) is 18.2. The Labute approximate surface area is 172 Å². The van der Waals surface area contributed by atoms with Crippen LogP contribution in [0.4, 0.5) is 0 Å². The van der Waals surface area contributed by atoms with Crippen LogP contribution in [0.1, 0.15) is 103 Å². The molecule has 1 aromatic carbocycles. The highest BCUT2D eigenvalue weighted by molar-refractivity contribution is 5.75. The second-order valence-corrected chi connectivity index (χ2v) is 8.24. The lowest BCUT2D eigenvalue weighted by molar-refractivity contribution is 0.294. The summed E-state index contributed by atoms with van der Waals surface area (Å²) in [7, 11) is 0. The van der Waals surface area contributed by atoms with Gasteiger partial charge >= 0.3 is 0 Å². The van der Waals surface area contributed by atoms with Gasteiger partial charge in [0.25, 0.3) is 0 Å². The Morgan fingerprint density at radius 1 is 0.750 bits per heavy atom. The number of unbranched alkanes of at least 4 members (excludes halogenated alkanes) is 13. The monoisotopic (exact) mass is 386 g/mol. The fourth-order valence-electron chi connectivity index (χ4n) is 4.13. The van der Waals surface area contributed by atoms with Crippen molar-refractivity contribution in [2.45, 2.75) is 110 Å². The third-order valence-electron chi connectivity index (χ3n) is 5.80. The molecule has 0 unspecified atom stereocenters. The SMILES string of the molecule is CCCCCCCCCCCCCCCCn1c(CCO)nc2ccccc21. The molecule has 1 aromatic heterocycles. The van der Waals surface area contributed by atoms with Crippen molar-refractivity contribution in [1.29, 1.82) is 0 Å². The van der Waals surface area contributed by atoms with Gasteiger partial charge in [-0.05, 0) is 18.6 Å². The molecule has 0 aliphatic carbocycles. The lowest BCUT2D eigenvalue weighted by atomic mass is 10.0. The number of aliphatic hydroxyl groups is 1. The van der Waals surface area contributed by atoms with Crippen LogP contribution in [0.15, 0.2) is 24.3 Å². The summed E-state index contributed by atoms with van der Waals surface area (Å²) in [6, 6.07) is 8.33. The summed E-state index contributed by atoms with van der Waals surface area (Å²) in [5, 5.41) is 9.31. The van der Waals surface area contributed by atoms with Gasteiger partial charge in [-0.15, -0.1) is 0 Å². The minimum absolute atomic E-state index is 0.169. The summed E-state index contributed by atoms with van der Waals surface area (Å²) in [5.74, 6) is 1.03. The number of aliphatic hydroxyl groups excluding tert-OH is 1. The van der Waals surface area contributed by atoms with Crippen LogP contribution in [-0.2, 0) is 13.0 Å². The molecule has 0 spiro atoms. The molecule has 2 rings (SSSR count). The van der Waals surface area contributed by atoms with Crippen molar-refractivity contribution in [3.63, 3.8) is 0 Å². The fraction of sp³-hybridized carbons (Fsp3) is 0.720. The van der Waals surface area contributed by atoms with Gasteiger partial charge < -0.3 is 9.67 Å². The Morgan fingerprint density at radius 3 is 1.86 bits per heavy atom. The normalized spacial score (nSPS) is 11.5. The van der Waals surface area contributed by atoms with Gasteiger partial charge in [0.05, 0.1) is 17.6 Å². The minimum Gasteiger partial charge on any atom is -0.396 e.